The van der Waals surface area contributed by atoms with Crippen molar-refractivity contribution in [1.29, 1.82) is 0 Å². The number of benzene rings is 3. The third-order valence-electron chi connectivity index (χ3n) is 6.49. The van der Waals surface area contributed by atoms with Crippen molar-refractivity contribution in [1.82, 2.24) is 0 Å². The Kier molecular flexibility index (Phi) is 5.86. The maximum atomic E-state index is 13.6. The van der Waals surface area contributed by atoms with Crippen molar-refractivity contribution in [3.05, 3.63) is 99.2 Å². The smallest absolute Gasteiger partial charge is 0.315 e. The van der Waals surface area contributed by atoms with E-state index in [1.54, 1.807) is 13.0 Å². The van der Waals surface area contributed by atoms with Crippen LogP contribution in [0, 0.1) is 10.1 Å². The zero-order valence-electron chi connectivity index (χ0n) is 19.2. The van der Waals surface area contributed by atoms with Crippen LogP contribution < -0.4 is 15.4 Å². The van der Waals surface area contributed by atoms with Crippen molar-refractivity contribution in [3.63, 3.8) is 0 Å². The standard InChI is InChI=1S/C27H25N3O5/c1-2-35-24-15-18(13-22(27(24)32)30(33)34)26-25-21(28-19-10-6-7-11-20(19)29-26)12-17(14-23(25)31)16-8-4-3-5-9-16/h3-11,13,15,17,26,28-29,32H,2,12,14H2,1H3/t17-,26-/m1/s1. The fourth-order valence-electron chi connectivity index (χ4n) is 4.89. The number of anilines is 2. The quantitative estimate of drug-likeness (QED) is 0.324. The van der Waals surface area contributed by atoms with Crippen LogP contribution in [-0.2, 0) is 4.79 Å². The number of para-hydroxylation sites is 2. The van der Waals surface area contributed by atoms with Crippen molar-refractivity contribution in [2.75, 3.05) is 17.2 Å². The Morgan fingerprint density at radius 2 is 1.74 bits per heavy atom. The number of fused-ring (bicyclic) bond motifs is 1. The summed E-state index contributed by atoms with van der Waals surface area (Å²) in [4.78, 5) is 24.7. The highest BCUT2D eigenvalue weighted by molar-refractivity contribution is 6.01. The molecule has 0 saturated carbocycles. The molecule has 1 heterocycles. The third kappa shape index (κ3) is 4.19. The largest absolute Gasteiger partial charge is 0.500 e. The van der Waals surface area contributed by atoms with Gasteiger partial charge in [0, 0.05) is 23.8 Å². The molecule has 35 heavy (non-hydrogen) atoms. The van der Waals surface area contributed by atoms with Gasteiger partial charge in [0.25, 0.3) is 0 Å². The van der Waals surface area contributed by atoms with Gasteiger partial charge >= 0.3 is 5.69 Å². The van der Waals surface area contributed by atoms with E-state index in [0.717, 1.165) is 22.6 Å². The van der Waals surface area contributed by atoms with Gasteiger partial charge in [0.15, 0.2) is 11.5 Å². The average Bonchev–Trinajstić information content (AvgIpc) is 3.02. The number of carbonyl (C=O) groups excluding carboxylic acids is 1. The minimum atomic E-state index is -0.663. The summed E-state index contributed by atoms with van der Waals surface area (Å²) in [5, 5.41) is 29.0. The molecule has 0 bridgehead atoms. The van der Waals surface area contributed by atoms with Crippen LogP contribution in [0.3, 0.4) is 0 Å². The molecule has 8 nitrogen and oxygen atoms in total. The van der Waals surface area contributed by atoms with Gasteiger partial charge in [-0.05, 0) is 48.6 Å². The molecule has 8 heteroatoms. The number of nitrogens with zero attached hydrogens (tertiary/aromatic N) is 1. The van der Waals surface area contributed by atoms with Gasteiger partial charge in [0.2, 0.25) is 5.75 Å². The maximum Gasteiger partial charge on any atom is 0.315 e. The molecular weight excluding hydrogens is 446 g/mol. The second-order valence-electron chi connectivity index (χ2n) is 8.66. The van der Waals surface area contributed by atoms with Gasteiger partial charge in [-0.25, -0.2) is 0 Å². The fraction of sp³-hybridized carbons (Fsp3) is 0.222. The number of rotatable bonds is 5. The second kappa shape index (κ2) is 9.13. The predicted octanol–water partition coefficient (Wildman–Crippen LogP) is 5.68. The minimum absolute atomic E-state index is 0.0107. The topological polar surface area (TPSA) is 114 Å². The van der Waals surface area contributed by atoms with E-state index < -0.39 is 22.4 Å². The second-order valence-corrected chi connectivity index (χ2v) is 8.66. The van der Waals surface area contributed by atoms with Gasteiger partial charge in [0.05, 0.1) is 28.9 Å². The van der Waals surface area contributed by atoms with Gasteiger partial charge in [0.1, 0.15) is 0 Å². The average molecular weight is 472 g/mol. The lowest BCUT2D eigenvalue weighted by Gasteiger charge is -2.30. The van der Waals surface area contributed by atoms with Gasteiger partial charge in [-0.3, -0.25) is 14.9 Å². The van der Waals surface area contributed by atoms with Crippen molar-refractivity contribution >= 4 is 22.8 Å². The molecule has 3 aromatic rings. The summed E-state index contributed by atoms with van der Waals surface area (Å²) >= 11 is 0. The van der Waals surface area contributed by atoms with Crippen molar-refractivity contribution in [2.24, 2.45) is 0 Å². The molecular formula is C27H25N3O5. The van der Waals surface area contributed by atoms with Gasteiger partial charge < -0.3 is 20.5 Å². The number of nitrogens with one attached hydrogen (secondary N) is 2. The first-order valence-corrected chi connectivity index (χ1v) is 11.5. The summed E-state index contributed by atoms with van der Waals surface area (Å²) in [6, 6.07) is 19.8. The number of allylic oxidation sites excluding steroid dienone is 1. The summed E-state index contributed by atoms with van der Waals surface area (Å²) in [5.74, 6) is -0.529. The summed E-state index contributed by atoms with van der Waals surface area (Å²) < 4.78 is 5.50. The van der Waals surface area contributed by atoms with E-state index in [1.165, 1.54) is 6.07 Å². The Balaban J connectivity index is 1.66. The number of hydrogen-bond donors (Lipinski definition) is 3. The number of phenols is 1. The van der Waals surface area contributed by atoms with Crippen LogP contribution in [0.1, 0.15) is 42.9 Å². The number of ether oxygens (including phenoxy) is 1. The lowest BCUT2D eigenvalue weighted by Crippen LogP contribution is -2.27. The van der Waals surface area contributed by atoms with Gasteiger partial charge in [-0.1, -0.05) is 42.5 Å². The number of carbonyl (C=O) groups is 1. The minimum Gasteiger partial charge on any atom is -0.500 e. The normalized spacial score (nSPS) is 19.1. The molecule has 3 aromatic carbocycles. The molecule has 2 aliphatic rings. The van der Waals surface area contributed by atoms with E-state index in [9.17, 15) is 20.0 Å². The molecule has 0 unspecified atom stereocenters. The van der Waals surface area contributed by atoms with Crippen LogP contribution in [0.4, 0.5) is 17.1 Å². The SMILES string of the molecule is CCOc1cc([C@H]2Nc3ccccc3NC3=C2C(=O)C[C@H](c2ccccc2)C3)cc([N+](=O)[O-])c1O. The van der Waals surface area contributed by atoms with E-state index >= 15 is 0 Å². The zero-order chi connectivity index (χ0) is 24.5. The summed E-state index contributed by atoms with van der Waals surface area (Å²) in [7, 11) is 0. The third-order valence-corrected chi connectivity index (χ3v) is 6.49. The number of phenolic OH excluding ortho intramolecular Hbond substituents is 1. The van der Waals surface area contributed by atoms with E-state index in [2.05, 4.69) is 10.6 Å². The summed E-state index contributed by atoms with van der Waals surface area (Å²) in [5.41, 5.74) is 4.01. The first-order chi connectivity index (χ1) is 17.0. The van der Waals surface area contributed by atoms with Crippen LogP contribution in [0.5, 0.6) is 11.5 Å². The molecule has 178 valence electrons. The van der Waals surface area contributed by atoms with E-state index in [-0.39, 0.29) is 24.1 Å². The Bertz CT molecular complexity index is 1340. The number of aromatic hydroxyl groups is 1. The van der Waals surface area contributed by atoms with Gasteiger partial charge in [-0.2, -0.15) is 0 Å². The number of nitro benzene ring substituents is 1. The molecule has 0 saturated heterocycles. The van der Waals surface area contributed by atoms with Crippen LogP contribution in [-0.4, -0.2) is 22.4 Å². The van der Waals surface area contributed by atoms with E-state index in [1.807, 2.05) is 54.6 Å². The van der Waals surface area contributed by atoms with Crippen molar-refractivity contribution < 1.29 is 19.6 Å². The van der Waals surface area contributed by atoms with Crippen molar-refractivity contribution in [3.8, 4) is 11.5 Å². The van der Waals surface area contributed by atoms with Crippen LogP contribution in [0.25, 0.3) is 0 Å². The Morgan fingerprint density at radius 3 is 2.46 bits per heavy atom. The monoisotopic (exact) mass is 471 g/mol. The highest BCUT2D eigenvalue weighted by Gasteiger charge is 2.37. The first-order valence-electron chi connectivity index (χ1n) is 11.5. The molecule has 0 fully saturated rings. The van der Waals surface area contributed by atoms with Crippen LogP contribution in [0.15, 0.2) is 78.0 Å². The molecule has 1 aliphatic carbocycles. The Labute approximate surface area is 202 Å². The number of nitro groups is 1. The zero-order valence-corrected chi connectivity index (χ0v) is 19.2. The van der Waals surface area contributed by atoms with Gasteiger partial charge in [-0.15, -0.1) is 0 Å². The number of Topliss-reactive ketones (excluding diaryl/α,β-unsaturated/α-hetero) is 1. The molecule has 0 spiro atoms. The molecule has 5 rings (SSSR count). The lowest BCUT2D eigenvalue weighted by molar-refractivity contribution is -0.386. The molecule has 0 aromatic heterocycles. The van der Waals surface area contributed by atoms with E-state index in [4.69, 9.17) is 4.74 Å². The fourth-order valence-corrected chi connectivity index (χ4v) is 4.89. The number of ketones is 1. The molecule has 3 N–H and O–H groups in total. The number of hydrogen-bond acceptors (Lipinski definition) is 7. The summed E-state index contributed by atoms with van der Waals surface area (Å²) in [6.45, 7) is 1.96. The van der Waals surface area contributed by atoms with Crippen LogP contribution >= 0.6 is 0 Å². The molecule has 0 radical (unpaired) electrons. The molecule has 2 atom stereocenters. The Morgan fingerprint density at radius 1 is 1.03 bits per heavy atom. The lowest BCUT2D eigenvalue weighted by atomic mass is 9.78. The predicted molar refractivity (Wildman–Crippen MR) is 133 cm³/mol. The maximum absolute atomic E-state index is 13.6. The summed E-state index contributed by atoms with van der Waals surface area (Å²) in [6.07, 6.45) is 0.952. The van der Waals surface area contributed by atoms with E-state index in [0.29, 0.717) is 24.0 Å². The molecule has 0 amide bonds. The van der Waals surface area contributed by atoms with Crippen LogP contribution in [0.2, 0.25) is 0 Å². The molecule has 1 aliphatic heterocycles. The van der Waals surface area contributed by atoms with Crippen molar-refractivity contribution in [2.45, 2.75) is 31.7 Å². The highest BCUT2D eigenvalue weighted by atomic mass is 16.6. The highest BCUT2D eigenvalue weighted by Crippen LogP contribution is 2.47. The Hall–Kier alpha value is -4.33. The first kappa shape index (κ1) is 22.5.